The van der Waals surface area contributed by atoms with Crippen LogP contribution in [0.4, 0.5) is 16.2 Å². The van der Waals surface area contributed by atoms with Crippen molar-refractivity contribution in [2.24, 2.45) is 0 Å². The van der Waals surface area contributed by atoms with Crippen LogP contribution >= 0.6 is 11.3 Å². The largest absolute Gasteiger partial charge is 0.323 e. The summed E-state index contributed by atoms with van der Waals surface area (Å²) in [5, 5.41) is 6.85. The van der Waals surface area contributed by atoms with Crippen molar-refractivity contribution in [2.75, 3.05) is 10.6 Å². The van der Waals surface area contributed by atoms with E-state index in [-0.39, 0.29) is 6.03 Å². The Morgan fingerprint density at radius 1 is 0.885 bits per heavy atom. The quantitative estimate of drug-likeness (QED) is 0.602. The predicted octanol–water partition coefficient (Wildman–Crippen LogP) is 5.95. The molecule has 2 N–H and O–H groups in total. The minimum Gasteiger partial charge on any atom is -0.308 e. The highest BCUT2D eigenvalue weighted by molar-refractivity contribution is 7.15. The van der Waals surface area contributed by atoms with Crippen LogP contribution in [0.3, 0.4) is 0 Å². The molecule has 0 bridgehead atoms. The lowest BCUT2D eigenvalue weighted by Gasteiger charge is -2.08. The molecule has 1 aliphatic carbocycles. The molecule has 0 spiro atoms. The lowest BCUT2D eigenvalue weighted by atomic mass is 10.1. The number of carbonyl (C=O) groups is 1. The first kappa shape index (κ1) is 16.8. The molecule has 1 aromatic heterocycles. The van der Waals surface area contributed by atoms with Gasteiger partial charge in [0.25, 0.3) is 0 Å². The lowest BCUT2D eigenvalue weighted by molar-refractivity contribution is 0.262. The number of aromatic nitrogens is 1. The zero-order chi connectivity index (χ0) is 17.8. The van der Waals surface area contributed by atoms with E-state index in [1.807, 2.05) is 60.8 Å². The Labute approximate surface area is 157 Å². The fraction of sp³-hybridized carbons (Fsp3) is 0.190. The minimum absolute atomic E-state index is 0.248. The number of hydrogen-bond donors (Lipinski definition) is 2. The number of nitrogens with one attached hydrogen (secondary N) is 2. The summed E-state index contributed by atoms with van der Waals surface area (Å²) >= 11 is 1.76. The third kappa shape index (κ3) is 3.94. The van der Waals surface area contributed by atoms with E-state index < -0.39 is 0 Å². The van der Waals surface area contributed by atoms with Crippen molar-refractivity contribution >= 4 is 28.7 Å². The van der Waals surface area contributed by atoms with Crippen LogP contribution in [-0.2, 0) is 0 Å². The number of amides is 2. The van der Waals surface area contributed by atoms with Gasteiger partial charge in [-0.25, -0.2) is 9.78 Å². The molecule has 1 saturated carbocycles. The highest BCUT2D eigenvalue weighted by atomic mass is 32.1. The zero-order valence-corrected chi connectivity index (χ0v) is 15.2. The first-order valence-electron chi connectivity index (χ1n) is 8.82. The number of thiazole rings is 1. The minimum atomic E-state index is -0.248. The number of urea groups is 1. The van der Waals surface area contributed by atoms with Gasteiger partial charge in [-0.05, 0) is 42.7 Å². The second-order valence-electron chi connectivity index (χ2n) is 6.36. The summed E-state index contributed by atoms with van der Waals surface area (Å²) in [6.45, 7) is 0. The molecule has 1 radical (unpaired) electrons. The van der Waals surface area contributed by atoms with E-state index in [2.05, 4.69) is 15.6 Å². The molecule has 4 rings (SSSR count). The summed E-state index contributed by atoms with van der Waals surface area (Å²) in [7, 11) is 0. The molecule has 131 valence electrons. The van der Waals surface area contributed by atoms with Crippen LogP contribution in [0, 0.1) is 5.92 Å². The summed E-state index contributed by atoms with van der Waals surface area (Å²) in [6, 6.07) is 17.0. The standard InChI is InChI=1S/C21H20N3OS/c25-21(23-17-8-2-1-3-9-17)24-18-12-10-15(11-13-18)19-14-22-20(26-19)16-6-4-5-7-16/h1-3,8-14H,4-7H2,(H2,23,24,25). The molecule has 3 aromatic rings. The van der Waals surface area contributed by atoms with Crippen molar-refractivity contribution in [1.29, 1.82) is 0 Å². The molecule has 2 amide bonds. The highest BCUT2D eigenvalue weighted by Gasteiger charge is 2.21. The first-order valence-corrected chi connectivity index (χ1v) is 9.64. The van der Waals surface area contributed by atoms with E-state index in [1.54, 1.807) is 11.3 Å². The number of benzene rings is 2. The smallest absolute Gasteiger partial charge is 0.308 e. The van der Waals surface area contributed by atoms with Gasteiger partial charge in [0.2, 0.25) is 0 Å². The predicted molar refractivity (Wildman–Crippen MR) is 107 cm³/mol. The Morgan fingerprint density at radius 3 is 2.23 bits per heavy atom. The van der Waals surface area contributed by atoms with Gasteiger partial charge in [-0.15, -0.1) is 11.3 Å². The molecule has 0 saturated heterocycles. The normalized spacial score (nSPS) is 14.3. The van der Waals surface area contributed by atoms with E-state index in [9.17, 15) is 4.79 Å². The van der Waals surface area contributed by atoms with Crippen molar-refractivity contribution in [3.8, 4) is 10.4 Å². The van der Waals surface area contributed by atoms with Crippen molar-refractivity contribution in [3.63, 3.8) is 0 Å². The molecule has 5 heteroatoms. The molecule has 1 heterocycles. The SMILES string of the molecule is O=C(Nc1ccccc1)Nc1ccc(-c2cnc([C]3CCCC3)s2)cc1. The van der Waals surface area contributed by atoms with Crippen LogP contribution in [0.1, 0.15) is 30.7 Å². The average molecular weight is 362 g/mol. The number of hydrogen-bond acceptors (Lipinski definition) is 3. The van der Waals surface area contributed by atoms with Gasteiger partial charge in [-0.3, -0.25) is 0 Å². The maximum atomic E-state index is 12.1. The second kappa shape index (κ2) is 7.70. The second-order valence-corrected chi connectivity index (χ2v) is 7.39. The Kier molecular flexibility index (Phi) is 4.97. The number of anilines is 2. The maximum Gasteiger partial charge on any atom is 0.323 e. The maximum absolute atomic E-state index is 12.1. The van der Waals surface area contributed by atoms with Crippen molar-refractivity contribution in [3.05, 3.63) is 71.7 Å². The van der Waals surface area contributed by atoms with Crippen LogP contribution in [0.5, 0.6) is 0 Å². The van der Waals surface area contributed by atoms with Gasteiger partial charge in [0.1, 0.15) is 5.01 Å². The lowest BCUT2D eigenvalue weighted by Crippen LogP contribution is -2.19. The van der Waals surface area contributed by atoms with Crippen molar-refractivity contribution in [1.82, 2.24) is 4.98 Å². The zero-order valence-electron chi connectivity index (χ0n) is 14.4. The number of carbonyl (C=O) groups excluding carboxylic acids is 1. The summed E-state index contributed by atoms with van der Waals surface area (Å²) in [5.74, 6) is 1.50. The molecule has 1 aliphatic rings. The third-order valence-electron chi connectivity index (χ3n) is 4.47. The molecule has 4 nitrogen and oxygen atoms in total. The van der Waals surface area contributed by atoms with E-state index in [0.717, 1.165) is 16.9 Å². The number of para-hydroxylation sites is 1. The van der Waals surface area contributed by atoms with Crippen LogP contribution in [0.25, 0.3) is 10.4 Å². The number of nitrogens with zero attached hydrogens (tertiary/aromatic N) is 1. The molecule has 0 aliphatic heterocycles. The summed E-state index contributed by atoms with van der Waals surface area (Å²) < 4.78 is 0. The Bertz CT molecular complexity index is 868. The van der Waals surface area contributed by atoms with Gasteiger partial charge < -0.3 is 10.6 Å². The highest BCUT2D eigenvalue weighted by Crippen LogP contribution is 2.37. The van der Waals surface area contributed by atoms with Gasteiger partial charge in [-0.1, -0.05) is 43.2 Å². The number of rotatable bonds is 4. The topological polar surface area (TPSA) is 54.0 Å². The van der Waals surface area contributed by atoms with Crippen LogP contribution in [-0.4, -0.2) is 11.0 Å². The van der Waals surface area contributed by atoms with Crippen LogP contribution in [0.2, 0.25) is 0 Å². The van der Waals surface area contributed by atoms with E-state index >= 15 is 0 Å². The Balaban J connectivity index is 1.39. The molecule has 0 unspecified atom stereocenters. The Hall–Kier alpha value is -2.66. The third-order valence-corrected chi connectivity index (χ3v) is 5.62. The first-order chi connectivity index (χ1) is 12.8. The fourth-order valence-electron chi connectivity index (χ4n) is 3.12. The van der Waals surface area contributed by atoms with Gasteiger partial charge in [0.15, 0.2) is 0 Å². The summed E-state index contributed by atoms with van der Waals surface area (Å²) in [6.07, 6.45) is 6.90. The molecular formula is C21H20N3OS. The molecule has 26 heavy (non-hydrogen) atoms. The van der Waals surface area contributed by atoms with Crippen molar-refractivity contribution < 1.29 is 4.79 Å². The van der Waals surface area contributed by atoms with Crippen LogP contribution < -0.4 is 10.6 Å². The monoisotopic (exact) mass is 362 g/mol. The van der Waals surface area contributed by atoms with Gasteiger partial charge >= 0.3 is 6.03 Å². The molecule has 0 atom stereocenters. The molecule has 1 fully saturated rings. The van der Waals surface area contributed by atoms with E-state index in [0.29, 0.717) is 0 Å². The van der Waals surface area contributed by atoms with Gasteiger partial charge in [-0.2, -0.15) is 0 Å². The van der Waals surface area contributed by atoms with Crippen molar-refractivity contribution in [2.45, 2.75) is 25.7 Å². The summed E-state index contributed by atoms with van der Waals surface area (Å²) in [5.41, 5.74) is 2.65. The van der Waals surface area contributed by atoms with E-state index in [4.69, 9.17) is 0 Å². The van der Waals surface area contributed by atoms with Crippen LogP contribution in [0.15, 0.2) is 60.8 Å². The fourth-order valence-corrected chi connectivity index (χ4v) is 4.14. The summed E-state index contributed by atoms with van der Waals surface area (Å²) in [4.78, 5) is 17.8. The Morgan fingerprint density at radius 2 is 1.54 bits per heavy atom. The van der Waals surface area contributed by atoms with Gasteiger partial charge in [0, 0.05) is 23.5 Å². The van der Waals surface area contributed by atoms with Gasteiger partial charge in [0.05, 0.1) is 4.88 Å². The molecular weight excluding hydrogens is 342 g/mol. The van der Waals surface area contributed by atoms with E-state index in [1.165, 1.54) is 41.5 Å². The average Bonchev–Trinajstić information content (AvgIpc) is 3.35. The molecule has 2 aromatic carbocycles.